The van der Waals surface area contributed by atoms with Crippen LogP contribution in [0, 0.1) is 0 Å². The number of carbonyl (C=O) groups excluding carboxylic acids is 1. The summed E-state index contributed by atoms with van der Waals surface area (Å²) >= 11 is 0. The zero-order valence-electron chi connectivity index (χ0n) is 15.0. The molecule has 1 amide bonds. The molecule has 0 bridgehead atoms. The van der Waals surface area contributed by atoms with Crippen LogP contribution in [-0.4, -0.2) is 74.2 Å². The van der Waals surface area contributed by atoms with Crippen LogP contribution in [0.2, 0.25) is 0 Å². The summed E-state index contributed by atoms with van der Waals surface area (Å²) in [4.78, 5) is 19.9. The van der Waals surface area contributed by atoms with Gasteiger partial charge in [0.15, 0.2) is 0 Å². The highest BCUT2D eigenvalue weighted by molar-refractivity contribution is 5.96. The first-order valence-corrected chi connectivity index (χ1v) is 9.74. The molecule has 2 saturated heterocycles. The van der Waals surface area contributed by atoms with Gasteiger partial charge in [0.1, 0.15) is 0 Å². The molecule has 0 aromatic heterocycles. The van der Waals surface area contributed by atoms with Crippen molar-refractivity contribution >= 4 is 11.6 Å². The quantitative estimate of drug-likeness (QED) is 0.835. The number of ether oxygens (including phenoxy) is 1. The molecule has 3 aliphatic heterocycles. The highest BCUT2D eigenvalue weighted by Gasteiger charge is 2.30. The SMILES string of the molecule is O=C(CN1CCCC[C@@H]1CN1CCOCC1)N1CCc2ccccc21. The van der Waals surface area contributed by atoms with Crippen LogP contribution in [-0.2, 0) is 16.0 Å². The number of carbonyl (C=O) groups is 1. The topological polar surface area (TPSA) is 36.0 Å². The number of hydrogen-bond donors (Lipinski definition) is 0. The molecular formula is C20H29N3O2. The van der Waals surface area contributed by atoms with E-state index >= 15 is 0 Å². The van der Waals surface area contributed by atoms with E-state index in [1.54, 1.807) is 0 Å². The molecule has 5 heteroatoms. The Balaban J connectivity index is 1.38. The molecule has 25 heavy (non-hydrogen) atoms. The predicted molar refractivity (Wildman–Crippen MR) is 99.0 cm³/mol. The fourth-order valence-corrected chi connectivity index (χ4v) is 4.41. The number of rotatable bonds is 4. The van der Waals surface area contributed by atoms with Crippen LogP contribution >= 0.6 is 0 Å². The lowest BCUT2D eigenvalue weighted by molar-refractivity contribution is -0.120. The van der Waals surface area contributed by atoms with Crippen molar-refractivity contribution in [1.82, 2.24) is 9.80 Å². The smallest absolute Gasteiger partial charge is 0.241 e. The largest absolute Gasteiger partial charge is 0.379 e. The lowest BCUT2D eigenvalue weighted by Gasteiger charge is -2.39. The number of para-hydroxylation sites is 1. The molecule has 4 rings (SSSR count). The third-order valence-corrected chi connectivity index (χ3v) is 5.85. The van der Waals surface area contributed by atoms with Crippen molar-refractivity contribution in [3.8, 4) is 0 Å². The lowest BCUT2D eigenvalue weighted by Crippen LogP contribution is -2.52. The van der Waals surface area contributed by atoms with Gasteiger partial charge in [0.2, 0.25) is 5.91 Å². The van der Waals surface area contributed by atoms with Crippen LogP contribution < -0.4 is 4.90 Å². The lowest BCUT2D eigenvalue weighted by atomic mass is 10.0. The first kappa shape index (κ1) is 17.0. The van der Waals surface area contributed by atoms with E-state index in [-0.39, 0.29) is 5.91 Å². The molecule has 5 nitrogen and oxygen atoms in total. The van der Waals surface area contributed by atoms with Gasteiger partial charge in [0.05, 0.1) is 19.8 Å². The number of amides is 1. The van der Waals surface area contributed by atoms with E-state index in [1.165, 1.54) is 24.8 Å². The molecule has 0 aliphatic carbocycles. The van der Waals surface area contributed by atoms with Gasteiger partial charge in [-0.15, -0.1) is 0 Å². The summed E-state index contributed by atoms with van der Waals surface area (Å²) < 4.78 is 5.47. The maximum Gasteiger partial charge on any atom is 0.241 e. The molecule has 0 saturated carbocycles. The molecule has 3 heterocycles. The summed E-state index contributed by atoms with van der Waals surface area (Å²) in [7, 11) is 0. The normalized spacial score (nSPS) is 25.1. The monoisotopic (exact) mass is 343 g/mol. The van der Waals surface area contributed by atoms with Gasteiger partial charge < -0.3 is 9.64 Å². The number of likely N-dealkylation sites (tertiary alicyclic amines) is 1. The Morgan fingerprint density at radius 2 is 1.92 bits per heavy atom. The molecule has 1 atom stereocenters. The third kappa shape index (κ3) is 3.89. The van der Waals surface area contributed by atoms with Crippen molar-refractivity contribution in [2.24, 2.45) is 0 Å². The highest BCUT2D eigenvalue weighted by Crippen LogP contribution is 2.28. The average molecular weight is 343 g/mol. The molecule has 0 spiro atoms. The Bertz CT molecular complexity index is 600. The van der Waals surface area contributed by atoms with Gasteiger partial charge in [0.25, 0.3) is 0 Å². The molecule has 1 aromatic carbocycles. The van der Waals surface area contributed by atoms with Crippen molar-refractivity contribution < 1.29 is 9.53 Å². The van der Waals surface area contributed by atoms with Gasteiger partial charge >= 0.3 is 0 Å². The van der Waals surface area contributed by atoms with Crippen molar-refractivity contribution in [2.75, 3.05) is 57.4 Å². The zero-order valence-corrected chi connectivity index (χ0v) is 15.0. The Labute approximate surface area is 150 Å². The second kappa shape index (κ2) is 7.85. The molecule has 136 valence electrons. The van der Waals surface area contributed by atoms with Crippen molar-refractivity contribution in [2.45, 2.75) is 31.7 Å². The third-order valence-electron chi connectivity index (χ3n) is 5.85. The number of nitrogens with zero attached hydrogens (tertiary/aromatic N) is 3. The highest BCUT2D eigenvalue weighted by atomic mass is 16.5. The summed E-state index contributed by atoms with van der Waals surface area (Å²) in [5.74, 6) is 0.263. The summed E-state index contributed by atoms with van der Waals surface area (Å²) in [5.41, 5.74) is 2.42. The van der Waals surface area contributed by atoms with E-state index in [0.29, 0.717) is 12.6 Å². The fraction of sp³-hybridized carbons (Fsp3) is 0.650. The van der Waals surface area contributed by atoms with E-state index in [4.69, 9.17) is 4.74 Å². The number of fused-ring (bicyclic) bond motifs is 1. The summed E-state index contributed by atoms with van der Waals surface area (Å²) in [6, 6.07) is 8.84. The molecule has 3 aliphatic rings. The minimum Gasteiger partial charge on any atom is -0.379 e. The van der Waals surface area contributed by atoms with Crippen molar-refractivity contribution in [3.05, 3.63) is 29.8 Å². The Kier molecular flexibility index (Phi) is 5.34. The van der Waals surface area contributed by atoms with Crippen molar-refractivity contribution in [1.29, 1.82) is 0 Å². The van der Waals surface area contributed by atoms with Gasteiger partial charge in [-0.1, -0.05) is 24.6 Å². The first-order valence-electron chi connectivity index (χ1n) is 9.74. The molecule has 0 unspecified atom stereocenters. The number of piperidine rings is 1. The van der Waals surface area contributed by atoms with Crippen LogP contribution in [0.4, 0.5) is 5.69 Å². The van der Waals surface area contributed by atoms with Gasteiger partial charge in [0, 0.05) is 37.9 Å². The van der Waals surface area contributed by atoms with E-state index in [9.17, 15) is 4.79 Å². The molecule has 2 fully saturated rings. The van der Waals surface area contributed by atoms with Crippen LogP contribution in [0.3, 0.4) is 0 Å². The standard InChI is InChI=1S/C20H29N3O2/c24-20(23-10-8-17-5-1-2-7-19(17)23)16-22-9-4-3-6-18(22)15-21-11-13-25-14-12-21/h1-2,5,7,18H,3-4,6,8-16H2/t18-/m1/s1. The summed E-state index contributed by atoms with van der Waals surface area (Å²) in [5, 5.41) is 0. The number of anilines is 1. The number of morpholine rings is 1. The van der Waals surface area contributed by atoms with Gasteiger partial charge in [-0.3, -0.25) is 14.6 Å². The Morgan fingerprint density at radius 1 is 1.08 bits per heavy atom. The minimum absolute atomic E-state index is 0.263. The van der Waals surface area contributed by atoms with Crippen molar-refractivity contribution in [3.63, 3.8) is 0 Å². The first-order chi connectivity index (χ1) is 12.3. The van der Waals surface area contributed by atoms with Crippen LogP contribution in [0.15, 0.2) is 24.3 Å². The van der Waals surface area contributed by atoms with Gasteiger partial charge in [-0.05, 0) is 37.4 Å². The Hall–Kier alpha value is -1.43. The molecule has 0 radical (unpaired) electrons. The maximum atomic E-state index is 13.0. The van der Waals surface area contributed by atoms with Crippen LogP contribution in [0.5, 0.6) is 0 Å². The summed E-state index contributed by atoms with van der Waals surface area (Å²) in [6.45, 7) is 7.26. The average Bonchev–Trinajstić information content (AvgIpc) is 3.08. The second-order valence-electron chi connectivity index (χ2n) is 7.46. The zero-order chi connectivity index (χ0) is 17.1. The molecule has 1 aromatic rings. The summed E-state index contributed by atoms with van der Waals surface area (Å²) in [6.07, 6.45) is 4.69. The van der Waals surface area contributed by atoms with E-state index < -0.39 is 0 Å². The van der Waals surface area contributed by atoms with E-state index in [2.05, 4.69) is 28.0 Å². The second-order valence-corrected chi connectivity index (χ2v) is 7.46. The number of benzene rings is 1. The molecular weight excluding hydrogens is 314 g/mol. The molecule has 0 N–H and O–H groups in total. The van der Waals surface area contributed by atoms with Gasteiger partial charge in [-0.25, -0.2) is 0 Å². The van der Waals surface area contributed by atoms with Gasteiger partial charge in [-0.2, -0.15) is 0 Å². The number of hydrogen-bond acceptors (Lipinski definition) is 4. The van der Waals surface area contributed by atoms with E-state index in [1.807, 2.05) is 11.0 Å². The predicted octanol–water partition coefficient (Wildman–Crippen LogP) is 1.76. The Morgan fingerprint density at radius 3 is 2.80 bits per heavy atom. The van der Waals surface area contributed by atoms with Crippen LogP contribution in [0.1, 0.15) is 24.8 Å². The fourth-order valence-electron chi connectivity index (χ4n) is 4.41. The minimum atomic E-state index is 0.263. The maximum absolute atomic E-state index is 13.0. The van der Waals surface area contributed by atoms with E-state index in [0.717, 1.165) is 58.0 Å². The van der Waals surface area contributed by atoms with Crippen LogP contribution in [0.25, 0.3) is 0 Å².